The second-order valence-electron chi connectivity index (χ2n) is 5.64. The van der Waals surface area contributed by atoms with Gasteiger partial charge in [0.1, 0.15) is 11.0 Å². The van der Waals surface area contributed by atoms with E-state index in [1.807, 2.05) is 0 Å². The lowest BCUT2D eigenvalue weighted by Gasteiger charge is -2.34. The van der Waals surface area contributed by atoms with E-state index in [-0.39, 0.29) is 5.82 Å². The number of nitrogens with one attached hydrogen (secondary N) is 2. The van der Waals surface area contributed by atoms with Crippen LogP contribution < -0.4 is 10.6 Å². The van der Waals surface area contributed by atoms with Gasteiger partial charge in [-0.3, -0.25) is 10.6 Å². The molecule has 0 aliphatic carbocycles. The molecular weight excluding hydrogens is 406 g/mol. The molecule has 152 valence electrons. The number of urea groups is 1. The van der Waals surface area contributed by atoms with Crippen LogP contribution >= 0.6 is 11.6 Å². The summed E-state index contributed by atoms with van der Waals surface area (Å²) in [5, 5.41) is 4.52. The van der Waals surface area contributed by atoms with Crippen LogP contribution in [0.5, 0.6) is 0 Å². The molecule has 0 fully saturated rings. The summed E-state index contributed by atoms with van der Waals surface area (Å²) < 4.78 is 79.6. The van der Waals surface area contributed by atoms with E-state index in [2.05, 4.69) is 15.0 Å². The van der Waals surface area contributed by atoms with Crippen molar-refractivity contribution in [2.75, 3.05) is 5.32 Å². The van der Waals surface area contributed by atoms with Crippen molar-refractivity contribution in [3.8, 4) is 0 Å². The number of pyridine rings is 1. The lowest BCUT2D eigenvalue weighted by molar-refractivity contribution is -0.388. The first-order valence-electron chi connectivity index (χ1n) is 7.26. The molecule has 0 aliphatic heterocycles. The molecule has 2 N–H and O–H groups in total. The van der Waals surface area contributed by atoms with Crippen molar-refractivity contribution in [1.82, 2.24) is 10.3 Å². The van der Waals surface area contributed by atoms with E-state index in [4.69, 9.17) is 11.6 Å². The Hall–Kier alpha value is -2.24. The average Bonchev–Trinajstić information content (AvgIpc) is 2.50. The molecule has 2 amide bonds. The number of rotatable bonds is 5. The Bertz CT molecular complexity index is 674. The fraction of sp³-hybridized carbons (Fsp3) is 0.500. The summed E-state index contributed by atoms with van der Waals surface area (Å²) in [5.74, 6) is -0.989. The third kappa shape index (κ3) is 5.62. The molecule has 0 bridgehead atoms. The maximum atomic E-state index is 13.3. The molecule has 13 heteroatoms. The van der Waals surface area contributed by atoms with Gasteiger partial charge in [0, 0.05) is 12.1 Å². The van der Waals surface area contributed by atoms with Gasteiger partial charge in [-0.25, -0.2) is 9.78 Å². The van der Waals surface area contributed by atoms with Crippen LogP contribution in [0.4, 0.5) is 37.0 Å². The highest BCUT2D eigenvalue weighted by molar-refractivity contribution is 6.65. The summed E-state index contributed by atoms with van der Waals surface area (Å²) in [7, 11) is 0. The smallest absolute Gasteiger partial charge is 0.346 e. The summed E-state index contributed by atoms with van der Waals surface area (Å²) in [4.78, 5) is 19.1. The largest absolute Gasteiger partial charge is 0.461 e. The topological polar surface area (TPSA) is 75.6 Å². The number of alkyl halides is 6. The van der Waals surface area contributed by atoms with Crippen LogP contribution in [0.2, 0.25) is 0 Å². The van der Waals surface area contributed by atoms with Gasteiger partial charge < -0.3 is 4.84 Å². The minimum absolute atomic E-state index is 0.278. The van der Waals surface area contributed by atoms with E-state index in [9.17, 15) is 31.1 Å². The van der Waals surface area contributed by atoms with Gasteiger partial charge in [-0.1, -0.05) is 36.7 Å². The fourth-order valence-electron chi connectivity index (χ4n) is 1.50. The molecule has 0 radical (unpaired) electrons. The van der Waals surface area contributed by atoms with Crippen LogP contribution in [0.15, 0.2) is 23.5 Å². The van der Waals surface area contributed by atoms with Gasteiger partial charge >= 0.3 is 24.1 Å². The molecule has 0 saturated heterocycles. The Labute approximate surface area is 154 Å². The maximum absolute atomic E-state index is 13.3. The fourth-order valence-corrected chi connectivity index (χ4v) is 1.53. The number of amides is 2. The van der Waals surface area contributed by atoms with Crippen LogP contribution in [-0.2, 0) is 4.84 Å². The third-order valence-electron chi connectivity index (χ3n) is 2.99. The van der Waals surface area contributed by atoms with Crippen molar-refractivity contribution in [2.24, 2.45) is 11.1 Å². The van der Waals surface area contributed by atoms with Gasteiger partial charge in [-0.15, -0.1) is 0 Å². The normalized spacial score (nSPS) is 13.5. The lowest BCUT2D eigenvalue weighted by Crippen LogP contribution is -2.69. The molecule has 0 aromatic carbocycles. The lowest BCUT2D eigenvalue weighted by atomic mass is 10.2. The summed E-state index contributed by atoms with van der Waals surface area (Å²) in [6.07, 6.45) is -11.0. The standard InChI is InChI=1S/C14H15ClF6N4O2/c1-7(2)10(15)25-27-12(13(16,17)18,14(19,20)21)24-11(26)23-9-5-4-8(3)6-22-9/h4-7H,1-3H3,(H2,22,23,24,26). The molecule has 0 unspecified atom stereocenters. The van der Waals surface area contributed by atoms with Gasteiger partial charge in [0.25, 0.3) is 0 Å². The highest BCUT2D eigenvalue weighted by Gasteiger charge is 2.76. The number of carbonyl (C=O) groups is 1. The Morgan fingerprint density at radius 1 is 1.19 bits per heavy atom. The van der Waals surface area contributed by atoms with Crippen molar-refractivity contribution < 1.29 is 36.0 Å². The molecule has 1 rings (SSSR count). The highest BCUT2D eigenvalue weighted by Crippen LogP contribution is 2.44. The summed E-state index contributed by atoms with van der Waals surface area (Å²) in [5.41, 5.74) is -4.47. The second-order valence-corrected chi connectivity index (χ2v) is 6.02. The van der Waals surface area contributed by atoms with E-state index in [1.165, 1.54) is 32.2 Å². The number of aromatic nitrogens is 1. The molecule has 1 aromatic rings. The molecule has 6 nitrogen and oxygen atoms in total. The van der Waals surface area contributed by atoms with Crippen molar-refractivity contribution in [3.63, 3.8) is 0 Å². The van der Waals surface area contributed by atoms with Gasteiger partial charge in [0.15, 0.2) is 0 Å². The number of oxime groups is 1. The first kappa shape index (κ1) is 22.8. The number of hydrogen-bond donors (Lipinski definition) is 2. The van der Waals surface area contributed by atoms with Gasteiger partial charge in [0.2, 0.25) is 0 Å². The molecule has 0 aliphatic rings. The molecule has 0 saturated carbocycles. The predicted octanol–water partition coefficient (Wildman–Crippen LogP) is 4.56. The number of hydrogen-bond acceptors (Lipinski definition) is 4. The number of carbonyl (C=O) groups excluding carboxylic acids is 1. The Morgan fingerprint density at radius 3 is 2.15 bits per heavy atom. The summed E-state index contributed by atoms with van der Waals surface area (Å²) in [6.45, 7) is 4.36. The monoisotopic (exact) mass is 420 g/mol. The van der Waals surface area contributed by atoms with Crippen molar-refractivity contribution in [1.29, 1.82) is 0 Å². The zero-order chi connectivity index (χ0) is 21.0. The van der Waals surface area contributed by atoms with E-state index >= 15 is 0 Å². The Morgan fingerprint density at radius 2 is 1.74 bits per heavy atom. The van der Waals surface area contributed by atoms with Crippen LogP contribution in [0.1, 0.15) is 19.4 Å². The number of aryl methyl sites for hydroxylation is 1. The zero-order valence-electron chi connectivity index (χ0n) is 14.2. The van der Waals surface area contributed by atoms with Crippen molar-refractivity contribution in [2.45, 2.75) is 38.8 Å². The van der Waals surface area contributed by atoms with Gasteiger partial charge in [-0.05, 0) is 18.6 Å². The zero-order valence-corrected chi connectivity index (χ0v) is 14.9. The molecular formula is C14H15ClF6N4O2. The Balaban J connectivity index is 3.21. The van der Waals surface area contributed by atoms with Crippen LogP contribution in [0.25, 0.3) is 0 Å². The van der Waals surface area contributed by atoms with Crippen LogP contribution in [0.3, 0.4) is 0 Å². The quantitative estimate of drug-likeness (QED) is 0.317. The minimum Gasteiger partial charge on any atom is -0.346 e. The van der Waals surface area contributed by atoms with E-state index < -0.39 is 35.2 Å². The van der Waals surface area contributed by atoms with Crippen LogP contribution in [-0.4, -0.2) is 34.3 Å². The first-order valence-corrected chi connectivity index (χ1v) is 7.64. The van der Waals surface area contributed by atoms with E-state index in [0.29, 0.717) is 5.56 Å². The molecule has 0 atom stereocenters. The Kier molecular flexibility index (Phi) is 6.92. The van der Waals surface area contributed by atoms with Gasteiger partial charge in [0.05, 0.1) is 0 Å². The van der Waals surface area contributed by atoms with Crippen molar-refractivity contribution in [3.05, 3.63) is 23.9 Å². The van der Waals surface area contributed by atoms with E-state index in [0.717, 1.165) is 5.32 Å². The number of nitrogens with zero attached hydrogens (tertiary/aromatic N) is 2. The molecule has 0 spiro atoms. The molecule has 1 heterocycles. The van der Waals surface area contributed by atoms with E-state index in [1.54, 1.807) is 12.2 Å². The average molecular weight is 421 g/mol. The predicted molar refractivity (Wildman–Crippen MR) is 85.2 cm³/mol. The number of halogens is 7. The minimum atomic E-state index is -6.11. The first-order chi connectivity index (χ1) is 12.2. The highest BCUT2D eigenvalue weighted by atomic mass is 35.5. The number of anilines is 1. The summed E-state index contributed by atoms with van der Waals surface area (Å²) in [6, 6.07) is 0.760. The van der Waals surface area contributed by atoms with Crippen molar-refractivity contribution >= 4 is 28.6 Å². The third-order valence-corrected chi connectivity index (χ3v) is 3.49. The maximum Gasteiger partial charge on any atom is 0.461 e. The molecule has 27 heavy (non-hydrogen) atoms. The van der Waals surface area contributed by atoms with Gasteiger partial charge in [-0.2, -0.15) is 26.3 Å². The molecule has 1 aromatic heterocycles. The SMILES string of the molecule is Cc1ccc(NC(=O)NC(ON=C(Cl)C(C)C)(C(F)(F)F)C(F)(F)F)nc1. The second kappa shape index (κ2) is 8.19. The van der Waals surface area contributed by atoms with Crippen LogP contribution in [0, 0.1) is 12.8 Å². The summed E-state index contributed by atoms with van der Waals surface area (Å²) >= 11 is 5.46.